The third kappa shape index (κ3) is 2.29. The lowest BCUT2D eigenvalue weighted by Gasteiger charge is -2.18. The molecule has 2 aromatic rings. The molecule has 4 nitrogen and oxygen atoms in total. The minimum absolute atomic E-state index is 0.155. The predicted molar refractivity (Wildman–Crippen MR) is 72.5 cm³/mol. The number of nitrogens with zero attached hydrogens (tertiary/aromatic N) is 3. The van der Waals surface area contributed by atoms with Crippen LogP contribution < -0.4 is 5.32 Å². The number of rotatable bonds is 4. The van der Waals surface area contributed by atoms with E-state index in [1.807, 2.05) is 37.2 Å². The standard InChI is InChI=1S/C14H20N4/c1-5-13-12(9-18(4)17-13)14(15-3)11-8-16-7-6-10(11)2/h6-9,14-15H,5H2,1-4H3. The van der Waals surface area contributed by atoms with Crippen molar-refractivity contribution in [3.05, 3.63) is 47.0 Å². The van der Waals surface area contributed by atoms with Gasteiger partial charge < -0.3 is 5.32 Å². The van der Waals surface area contributed by atoms with E-state index in [2.05, 4.69) is 35.4 Å². The Bertz CT molecular complexity index is 530. The van der Waals surface area contributed by atoms with Gasteiger partial charge in [-0.1, -0.05) is 6.92 Å². The second-order valence-electron chi connectivity index (χ2n) is 4.51. The van der Waals surface area contributed by atoms with Crippen molar-refractivity contribution in [2.75, 3.05) is 7.05 Å². The molecule has 0 aliphatic carbocycles. The number of hydrogen-bond donors (Lipinski definition) is 1. The molecule has 0 aliphatic rings. The van der Waals surface area contributed by atoms with Gasteiger partial charge in [0.25, 0.3) is 0 Å². The Hall–Kier alpha value is -1.68. The van der Waals surface area contributed by atoms with Crippen molar-refractivity contribution in [1.82, 2.24) is 20.1 Å². The van der Waals surface area contributed by atoms with Gasteiger partial charge in [-0.3, -0.25) is 9.67 Å². The van der Waals surface area contributed by atoms with Crippen LogP contribution >= 0.6 is 0 Å². The molecule has 0 radical (unpaired) electrons. The van der Waals surface area contributed by atoms with Crippen molar-refractivity contribution in [3.63, 3.8) is 0 Å². The maximum atomic E-state index is 4.51. The van der Waals surface area contributed by atoms with Crippen LogP contribution in [-0.4, -0.2) is 21.8 Å². The van der Waals surface area contributed by atoms with E-state index in [-0.39, 0.29) is 6.04 Å². The highest BCUT2D eigenvalue weighted by Crippen LogP contribution is 2.26. The molecule has 2 rings (SSSR count). The van der Waals surface area contributed by atoms with Crippen molar-refractivity contribution in [2.24, 2.45) is 7.05 Å². The topological polar surface area (TPSA) is 42.7 Å². The van der Waals surface area contributed by atoms with E-state index in [0.29, 0.717) is 0 Å². The smallest absolute Gasteiger partial charge is 0.0673 e. The van der Waals surface area contributed by atoms with Crippen molar-refractivity contribution in [2.45, 2.75) is 26.3 Å². The van der Waals surface area contributed by atoms with Gasteiger partial charge >= 0.3 is 0 Å². The second kappa shape index (κ2) is 5.31. The monoisotopic (exact) mass is 244 g/mol. The predicted octanol–water partition coefficient (Wildman–Crippen LogP) is 1.99. The molecule has 2 aromatic heterocycles. The van der Waals surface area contributed by atoms with Gasteiger partial charge in [-0.25, -0.2) is 0 Å². The van der Waals surface area contributed by atoms with Crippen LogP contribution in [0.2, 0.25) is 0 Å². The third-order valence-corrected chi connectivity index (χ3v) is 3.26. The van der Waals surface area contributed by atoms with Crippen LogP contribution in [0.5, 0.6) is 0 Å². The number of aryl methyl sites for hydroxylation is 3. The highest BCUT2D eigenvalue weighted by Gasteiger charge is 2.19. The van der Waals surface area contributed by atoms with Crippen molar-refractivity contribution >= 4 is 0 Å². The first-order valence-corrected chi connectivity index (χ1v) is 6.27. The summed E-state index contributed by atoms with van der Waals surface area (Å²) in [6.45, 7) is 4.25. The molecule has 0 bridgehead atoms. The average molecular weight is 244 g/mol. The Morgan fingerprint density at radius 1 is 1.39 bits per heavy atom. The molecule has 2 heterocycles. The first-order chi connectivity index (χ1) is 8.67. The maximum Gasteiger partial charge on any atom is 0.0673 e. The summed E-state index contributed by atoms with van der Waals surface area (Å²) in [4.78, 5) is 4.23. The number of aromatic nitrogens is 3. The molecule has 0 saturated heterocycles. The lowest BCUT2D eigenvalue weighted by Crippen LogP contribution is -2.19. The van der Waals surface area contributed by atoms with Crippen LogP contribution in [-0.2, 0) is 13.5 Å². The van der Waals surface area contributed by atoms with E-state index in [1.54, 1.807) is 0 Å². The molecule has 1 atom stereocenters. The average Bonchev–Trinajstić information content (AvgIpc) is 2.74. The molecule has 0 amide bonds. The van der Waals surface area contributed by atoms with Crippen molar-refractivity contribution in [3.8, 4) is 0 Å². The molecule has 0 aliphatic heterocycles. The Morgan fingerprint density at radius 3 is 2.78 bits per heavy atom. The zero-order chi connectivity index (χ0) is 13.1. The fraction of sp³-hybridized carbons (Fsp3) is 0.429. The fourth-order valence-electron chi connectivity index (χ4n) is 2.33. The fourth-order valence-corrected chi connectivity index (χ4v) is 2.33. The number of hydrogen-bond acceptors (Lipinski definition) is 3. The van der Waals surface area contributed by atoms with Crippen LogP contribution in [0, 0.1) is 6.92 Å². The quantitative estimate of drug-likeness (QED) is 0.894. The van der Waals surface area contributed by atoms with E-state index in [4.69, 9.17) is 0 Å². The molecular formula is C14H20N4. The molecular weight excluding hydrogens is 224 g/mol. The Kier molecular flexibility index (Phi) is 3.77. The number of nitrogens with one attached hydrogen (secondary N) is 1. The highest BCUT2D eigenvalue weighted by molar-refractivity contribution is 5.36. The molecule has 0 saturated carbocycles. The summed E-state index contributed by atoms with van der Waals surface area (Å²) in [5.74, 6) is 0. The van der Waals surface area contributed by atoms with Crippen LogP contribution in [0.25, 0.3) is 0 Å². The molecule has 0 fully saturated rings. The van der Waals surface area contributed by atoms with Gasteiger partial charge in [0.05, 0.1) is 11.7 Å². The van der Waals surface area contributed by atoms with Gasteiger partial charge in [0, 0.05) is 31.2 Å². The minimum atomic E-state index is 0.155. The lowest BCUT2D eigenvalue weighted by molar-refractivity contribution is 0.676. The summed E-state index contributed by atoms with van der Waals surface area (Å²) < 4.78 is 1.88. The summed E-state index contributed by atoms with van der Waals surface area (Å²) in [6.07, 6.45) is 6.79. The van der Waals surface area contributed by atoms with Gasteiger partial charge in [-0.05, 0) is 37.6 Å². The van der Waals surface area contributed by atoms with Gasteiger partial charge in [0.2, 0.25) is 0 Å². The van der Waals surface area contributed by atoms with Crippen LogP contribution in [0.15, 0.2) is 24.7 Å². The lowest BCUT2D eigenvalue weighted by atomic mass is 9.96. The molecule has 4 heteroatoms. The van der Waals surface area contributed by atoms with Gasteiger partial charge in [-0.15, -0.1) is 0 Å². The van der Waals surface area contributed by atoms with Crippen LogP contribution in [0.1, 0.15) is 35.3 Å². The molecule has 1 N–H and O–H groups in total. The van der Waals surface area contributed by atoms with E-state index in [9.17, 15) is 0 Å². The Balaban J connectivity index is 2.48. The normalized spacial score (nSPS) is 12.7. The summed E-state index contributed by atoms with van der Waals surface area (Å²) in [7, 11) is 3.94. The van der Waals surface area contributed by atoms with E-state index in [0.717, 1.165) is 12.1 Å². The van der Waals surface area contributed by atoms with Crippen molar-refractivity contribution in [1.29, 1.82) is 0 Å². The number of pyridine rings is 1. The third-order valence-electron chi connectivity index (χ3n) is 3.26. The summed E-state index contributed by atoms with van der Waals surface area (Å²) >= 11 is 0. The Morgan fingerprint density at radius 2 is 2.17 bits per heavy atom. The van der Waals surface area contributed by atoms with E-state index < -0.39 is 0 Å². The Labute approximate surface area is 108 Å². The molecule has 18 heavy (non-hydrogen) atoms. The van der Waals surface area contributed by atoms with Crippen LogP contribution in [0.4, 0.5) is 0 Å². The minimum Gasteiger partial charge on any atom is -0.309 e. The van der Waals surface area contributed by atoms with Gasteiger partial charge in [0.15, 0.2) is 0 Å². The SMILES string of the molecule is CCc1nn(C)cc1C(NC)c1cnccc1C. The largest absolute Gasteiger partial charge is 0.309 e. The first-order valence-electron chi connectivity index (χ1n) is 6.27. The van der Waals surface area contributed by atoms with Crippen molar-refractivity contribution < 1.29 is 0 Å². The zero-order valence-electron chi connectivity index (χ0n) is 11.4. The van der Waals surface area contributed by atoms with Gasteiger partial charge in [-0.2, -0.15) is 5.10 Å². The second-order valence-corrected chi connectivity index (χ2v) is 4.51. The molecule has 0 aromatic carbocycles. The molecule has 0 spiro atoms. The maximum absolute atomic E-state index is 4.51. The first kappa shape index (κ1) is 12.8. The zero-order valence-corrected chi connectivity index (χ0v) is 11.4. The van der Waals surface area contributed by atoms with E-state index in [1.165, 1.54) is 16.7 Å². The van der Waals surface area contributed by atoms with E-state index >= 15 is 0 Å². The summed E-state index contributed by atoms with van der Waals surface area (Å²) in [5.41, 5.74) is 4.83. The molecule has 96 valence electrons. The highest BCUT2D eigenvalue weighted by atomic mass is 15.3. The van der Waals surface area contributed by atoms with Gasteiger partial charge in [0.1, 0.15) is 0 Å². The summed E-state index contributed by atoms with van der Waals surface area (Å²) in [5, 5.41) is 7.88. The van der Waals surface area contributed by atoms with Crippen LogP contribution in [0.3, 0.4) is 0 Å². The molecule has 1 unspecified atom stereocenters. The summed E-state index contributed by atoms with van der Waals surface area (Å²) in [6, 6.07) is 2.20.